The average molecular weight is 484 g/mol. The van der Waals surface area contributed by atoms with Crippen molar-refractivity contribution in [2.24, 2.45) is 5.92 Å². The van der Waals surface area contributed by atoms with Crippen LogP contribution in [0.5, 0.6) is 0 Å². The monoisotopic (exact) mass is 483 g/mol. The fraction of sp³-hybridized carbons (Fsp3) is 0.333. The van der Waals surface area contributed by atoms with Gasteiger partial charge < -0.3 is 5.32 Å². The Morgan fingerprint density at radius 3 is 2.61 bits per heavy atom. The van der Waals surface area contributed by atoms with E-state index >= 15 is 0 Å². The Labute approximate surface area is 201 Å². The third kappa shape index (κ3) is 4.91. The summed E-state index contributed by atoms with van der Waals surface area (Å²) in [4.78, 5) is 25.9. The molecule has 0 unspecified atom stereocenters. The number of carbonyl (C=O) groups excluding carboxylic acids is 1. The standard InChI is InChI=1S/C24H26ClN5O2S/c1-4-11-29-22(32)19-10-7-17(21(31)26-13-15(2)3)12-20(19)30-23(29)27-28-24(30)33-14-16-5-8-18(25)9-6-16/h5-10,12,15H,4,11,13-14H2,1-3H3,(H,26,31). The van der Waals surface area contributed by atoms with Gasteiger partial charge in [-0.05, 0) is 48.2 Å². The van der Waals surface area contributed by atoms with Gasteiger partial charge >= 0.3 is 0 Å². The summed E-state index contributed by atoms with van der Waals surface area (Å²) in [6.45, 7) is 7.22. The van der Waals surface area contributed by atoms with E-state index in [0.717, 1.165) is 12.0 Å². The van der Waals surface area contributed by atoms with E-state index in [4.69, 9.17) is 11.6 Å². The molecule has 33 heavy (non-hydrogen) atoms. The quantitative estimate of drug-likeness (QED) is 0.364. The summed E-state index contributed by atoms with van der Waals surface area (Å²) in [6, 6.07) is 12.8. The zero-order valence-electron chi connectivity index (χ0n) is 18.8. The summed E-state index contributed by atoms with van der Waals surface area (Å²) in [7, 11) is 0. The highest BCUT2D eigenvalue weighted by molar-refractivity contribution is 7.98. The molecular weight excluding hydrogens is 458 g/mol. The van der Waals surface area contributed by atoms with Crippen molar-refractivity contribution in [1.29, 1.82) is 0 Å². The lowest BCUT2D eigenvalue weighted by Crippen LogP contribution is -2.28. The van der Waals surface area contributed by atoms with Crippen LogP contribution in [-0.2, 0) is 12.3 Å². The molecule has 0 aliphatic heterocycles. The molecule has 2 aromatic carbocycles. The third-order valence-corrected chi connectivity index (χ3v) is 6.49. The molecule has 2 heterocycles. The highest BCUT2D eigenvalue weighted by atomic mass is 35.5. The molecule has 0 aliphatic rings. The van der Waals surface area contributed by atoms with Crippen LogP contribution in [-0.4, -0.2) is 31.6 Å². The second kappa shape index (κ2) is 9.97. The van der Waals surface area contributed by atoms with Crippen LogP contribution in [0.4, 0.5) is 0 Å². The van der Waals surface area contributed by atoms with Gasteiger partial charge in [0.05, 0.1) is 10.9 Å². The minimum atomic E-state index is -0.167. The first kappa shape index (κ1) is 23.3. The molecule has 1 N–H and O–H groups in total. The largest absolute Gasteiger partial charge is 0.352 e. The summed E-state index contributed by atoms with van der Waals surface area (Å²) in [5, 5.41) is 13.5. The zero-order valence-corrected chi connectivity index (χ0v) is 20.4. The van der Waals surface area contributed by atoms with E-state index in [1.54, 1.807) is 22.8 Å². The van der Waals surface area contributed by atoms with Crippen molar-refractivity contribution in [3.63, 3.8) is 0 Å². The molecule has 4 rings (SSSR count). The minimum absolute atomic E-state index is 0.130. The molecule has 7 nitrogen and oxygen atoms in total. The Morgan fingerprint density at radius 1 is 1.15 bits per heavy atom. The van der Waals surface area contributed by atoms with Crippen molar-refractivity contribution in [1.82, 2.24) is 24.5 Å². The SMILES string of the molecule is CCCn1c(=O)c2ccc(C(=O)NCC(C)C)cc2n2c(SCc3ccc(Cl)cc3)nnc12. The van der Waals surface area contributed by atoms with Gasteiger partial charge in [0.25, 0.3) is 11.5 Å². The van der Waals surface area contributed by atoms with Gasteiger partial charge in [0.2, 0.25) is 5.78 Å². The van der Waals surface area contributed by atoms with Gasteiger partial charge in [-0.3, -0.25) is 18.6 Å². The van der Waals surface area contributed by atoms with Crippen LogP contribution in [0.1, 0.15) is 43.1 Å². The van der Waals surface area contributed by atoms with Crippen LogP contribution >= 0.6 is 23.4 Å². The molecule has 0 atom stereocenters. The van der Waals surface area contributed by atoms with Crippen LogP contribution in [0.2, 0.25) is 5.02 Å². The first-order valence-corrected chi connectivity index (χ1v) is 12.3. The van der Waals surface area contributed by atoms with Gasteiger partial charge in [0, 0.05) is 29.4 Å². The molecule has 0 saturated heterocycles. The summed E-state index contributed by atoms with van der Waals surface area (Å²) >= 11 is 7.52. The van der Waals surface area contributed by atoms with Gasteiger partial charge in [0.15, 0.2) is 5.16 Å². The number of halogens is 1. The number of benzene rings is 2. The number of aryl methyl sites for hydroxylation is 1. The number of rotatable bonds is 8. The van der Waals surface area contributed by atoms with E-state index in [1.165, 1.54) is 11.8 Å². The maximum Gasteiger partial charge on any atom is 0.262 e. The lowest BCUT2D eigenvalue weighted by atomic mass is 10.1. The minimum Gasteiger partial charge on any atom is -0.352 e. The maximum atomic E-state index is 13.2. The van der Waals surface area contributed by atoms with Gasteiger partial charge in [-0.1, -0.05) is 56.3 Å². The number of nitrogens with zero attached hydrogens (tertiary/aromatic N) is 4. The molecule has 0 aliphatic carbocycles. The molecule has 0 radical (unpaired) electrons. The highest BCUT2D eigenvalue weighted by Crippen LogP contribution is 2.26. The van der Waals surface area contributed by atoms with Crippen molar-refractivity contribution in [2.45, 2.75) is 44.6 Å². The maximum absolute atomic E-state index is 13.2. The van der Waals surface area contributed by atoms with Gasteiger partial charge in [-0.15, -0.1) is 10.2 Å². The Balaban J connectivity index is 1.81. The number of hydrogen-bond donors (Lipinski definition) is 1. The zero-order chi connectivity index (χ0) is 23.5. The van der Waals surface area contributed by atoms with Crippen LogP contribution in [0.25, 0.3) is 16.7 Å². The second-order valence-electron chi connectivity index (χ2n) is 8.33. The number of hydrogen-bond acceptors (Lipinski definition) is 5. The molecule has 172 valence electrons. The lowest BCUT2D eigenvalue weighted by Gasteiger charge is -2.12. The van der Waals surface area contributed by atoms with Crippen LogP contribution in [0.3, 0.4) is 0 Å². The molecule has 9 heteroatoms. The fourth-order valence-electron chi connectivity index (χ4n) is 3.57. The van der Waals surface area contributed by atoms with Crippen LogP contribution < -0.4 is 10.9 Å². The van der Waals surface area contributed by atoms with Gasteiger partial charge in [0.1, 0.15) is 0 Å². The van der Waals surface area contributed by atoms with Gasteiger partial charge in [-0.25, -0.2) is 0 Å². The van der Waals surface area contributed by atoms with Crippen LogP contribution in [0, 0.1) is 5.92 Å². The van der Waals surface area contributed by atoms with Crippen molar-refractivity contribution in [2.75, 3.05) is 6.54 Å². The van der Waals surface area contributed by atoms with Crippen molar-refractivity contribution in [3.05, 3.63) is 69.0 Å². The smallest absolute Gasteiger partial charge is 0.262 e. The molecular formula is C24H26ClN5O2S. The van der Waals surface area contributed by atoms with Crippen molar-refractivity contribution < 1.29 is 4.79 Å². The van der Waals surface area contributed by atoms with Crippen molar-refractivity contribution in [3.8, 4) is 0 Å². The summed E-state index contributed by atoms with van der Waals surface area (Å²) in [5.74, 6) is 1.32. The van der Waals surface area contributed by atoms with Crippen LogP contribution in [0.15, 0.2) is 52.4 Å². The van der Waals surface area contributed by atoms with E-state index in [2.05, 4.69) is 15.5 Å². The molecule has 0 bridgehead atoms. The van der Waals surface area contributed by atoms with E-state index in [1.807, 2.05) is 49.4 Å². The normalized spacial score (nSPS) is 11.5. The van der Waals surface area contributed by atoms with Gasteiger partial charge in [-0.2, -0.15) is 0 Å². The number of thioether (sulfide) groups is 1. The van der Waals surface area contributed by atoms with E-state index < -0.39 is 0 Å². The Morgan fingerprint density at radius 2 is 1.91 bits per heavy atom. The first-order chi connectivity index (χ1) is 15.9. The number of fused-ring (bicyclic) bond motifs is 3. The Bertz CT molecular complexity index is 1360. The highest BCUT2D eigenvalue weighted by Gasteiger charge is 2.18. The molecule has 1 amide bonds. The number of aromatic nitrogens is 4. The summed E-state index contributed by atoms with van der Waals surface area (Å²) in [5.41, 5.74) is 2.10. The molecule has 2 aromatic heterocycles. The number of nitrogens with one attached hydrogen (secondary N) is 1. The first-order valence-electron chi connectivity index (χ1n) is 11.0. The summed E-state index contributed by atoms with van der Waals surface area (Å²) < 4.78 is 3.53. The number of amides is 1. The third-order valence-electron chi connectivity index (χ3n) is 5.23. The Hall–Kier alpha value is -2.84. The summed E-state index contributed by atoms with van der Waals surface area (Å²) in [6.07, 6.45) is 0.789. The fourth-order valence-corrected chi connectivity index (χ4v) is 4.59. The topological polar surface area (TPSA) is 81.3 Å². The lowest BCUT2D eigenvalue weighted by molar-refractivity contribution is 0.0949. The molecule has 0 spiro atoms. The van der Waals surface area contributed by atoms with E-state index in [-0.39, 0.29) is 11.5 Å². The molecule has 4 aromatic rings. The predicted molar refractivity (Wildman–Crippen MR) is 133 cm³/mol. The van der Waals surface area contributed by atoms with E-state index in [0.29, 0.717) is 57.2 Å². The van der Waals surface area contributed by atoms with E-state index in [9.17, 15) is 9.59 Å². The average Bonchev–Trinajstić information content (AvgIpc) is 3.23. The Kier molecular flexibility index (Phi) is 7.05. The predicted octanol–water partition coefficient (Wildman–Crippen LogP) is 4.79. The second-order valence-corrected chi connectivity index (χ2v) is 9.70. The van der Waals surface area contributed by atoms with Crippen molar-refractivity contribution >= 4 is 46.0 Å². The number of carbonyl (C=O) groups is 1. The molecule has 0 saturated carbocycles. The molecule has 0 fully saturated rings.